The van der Waals surface area contributed by atoms with E-state index in [9.17, 15) is 4.79 Å². The zero-order valence-corrected chi connectivity index (χ0v) is 15.2. The van der Waals surface area contributed by atoms with Crippen LogP contribution in [0.2, 0.25) is 5.02 Å². The van der Waals surface area contributed by atoms with E-state index in [1.54, 1.807) is 25.3 Å². The summed E-state index contributed by atoms with van der Waals surface area (Å²) in [5, 5.41) is 6.45. The van der Waals surface area contributed by atoms with Crippen LogP contribution < -0.4 is 15.4 Å². The molecular formula is C19H23ClN2O2. The van der Waals surface area contributed by atoms with E-state index in [2.05, 4.69) is 43.5 Å². The van der Waals surface area contributed by atoms with Gasteiger partial charge >= 0.3 is 0 Å². The van der Waals surface area contributed by atoms with Crippen molar-refractivity contribution in [3.05, 3.63) is 53.1 Å². The predicted octanol–water partition coefficient (Wildman–Crippen LogP) is 4.70. The van der Waals surface area contributed by atoms with Gasteiger partial charge in [0.05, 0.1) is 19.3 Å². The highest BCUT2D eigenvalue weighted by molar-refractivity contribution is 6.31. The fraction of sp³-hybridized carbons (Fsp3) is 0.316. The van der Waals surface area contributed by atoms with E-state index in [1.165, 1.54) is 5.56 Å². The summed E-state index contributed by atoms with van der Waals surface area (Å²) >= 11 is 5.96. The van der Waals surface area contributed by atoms with E-state index in [1.807, 2.05) is 12.1 Å². The molecule has 0 aliphatic rings. The van der Waals surface area contributed by atoms with Crippen LogP contribution in [0.1, 0.15) is 26.3 Å². The molecule has 0 spiro atoms. The molecule has 2 aromatic rings. The van der Waals surface area contributed by atoms with Crippen LogP contribution in [0.3, 0.4) is 0 Å². The average molecular weight is 347 g/mol. The number of amides is 1. The Balaban J connectivity index is 1.95. The number of methoxy groups -OCH3 is 1. The van der Waals surface area contributed by atoms with Crippen molar-refractivity contribution in [2.75, 3.05) is 24.3 Å². The lowest BCUT2D eigenvalue weighted by atomic mass is 9.87. The fourth-order valence-corrected chi connectivity index (χ4v) is 2.41. The van der Waals surface area contributed by atoms with Crippen LogP contribution in [0.15, 0.2) is 42.5 Å². The normalized spacial score (nSPS) is 11.0. The van der Waals surface area contributed by atoms with Gasteiger partial charge in [0.2, 0.25) is 5.91 Å². The molecule has 1 amide bonds. The first-order valence-electron chi connectivity index (χ1n) is 7.77. The highest BCUT2D eigenvalue weighted by Crippen LogP contribution is 2.27. The van der Waals surface area contributed by atoms with Crippen LogP contribution in [0.25, 0.3) is 0 Å². The Hall–Kier alpha value is -2.20. The first kappa shape index (κ1) is 18.1. The number of hydrogen-bond donors (Lipinski definition) is 2. The maximum absolute atomic E-state index is 12.1. The molecule has 4 nitrogen and oxygen atoms in total. The zero-order valence-electron chi connectivity index (χ0n) is 14.4. The van der Waals surface area contributed by atoms with Gasteiger partial charge in [-0.1, -0.05) is 44.5 Å². The van der Waals surface area contributed by atoms with Crippen molar-refractivity contribution >= 4 is 28.9 Å². The summed E-state index contributed by atoms with van der Waals surface area (Å²) < 4.78 is 5.22. The average Bonchev–Trinajstić information content (AvgIpc) is 2.53. The van der Waals surface area contributed by atoms with E-state index < -0.39 is 0 Å². The minimum absolute atomic E-state index is 0.110. The summed E-state index contributed by atoms with van der Waals surface area (Å²) in [5.41, 5.74) is 2.82. The SMILES string of the molecule is COc1ccc(Cl)cc1NC(=O)CNc1ccc(C(C)(C)C)cc1. The molecule has 2 rings (SSSR count). The van der Waals surface area contributed by atoms with Gasteiger partial charge in [0.1, 0.15) is 5.75 Å². The maximum Gasteiger partial charge on any atom is 0.243 e. The van der Waals surface area contributed by atoms with Gasteiger partial charge in [0, 0.05) is 10.7 Å². The fourth-order valence-electron chi connectivity index (χ4n) is 2.24. The van der Waals surface area contributed by atoms with E-state index in [0.717, 1.165) is 5.69 Å². The number of carbonyl (C=O) groups excluding carboxylic acids is 1. The molecule has 0 unspecified atom stereocenters. The largest absolute Gasteiger partial charge is 0.495 e. The van der Waals surface area contributed by atoms with Crippen molar-refractivity contribution in [2.24, 2.45) is 0 Å². The molecule has 0 aromatic heterocycles. The lowest BCUT2D eigenvalue weighted by Gasteiger charge is -2.19. The number of hydrogen-bond acceptors (Lipinski definition) is 3. The monoisotopic (exact) mass is 346 g/mol. The molecule has 0 fully saturated rings. The lowest BCUT2D eigenvalue weighted by Crippen LogP contribution is -2.22. The molecular weight excluding hydrogens is 324 g/mol. The first-order valence-corrected chi connectivity index (χ1v) is 8.15. The van der Waals surface area contributed by atoms with Crippen LogP contribution in [-0.4, -0.2) is 19.6 Å². The maximum atomic E-state index is 12.1. The van der Waals surface area contributed by atoms with Crippen molar-refractivity contribution in [3.8, 4) is 5.75 Å². The molecule has 0 radical (unpaired) electrons. The Morgan fingerprint density at radius 1 is 1.12 bits per heavy atom. The molecule has 0 aliphatic carbocycles. The number of carbonyl (C=O) groups is 1. The van der Waals surface area contributed by atoms with E-state index in [0.29, 0.717) is 16.5 Å². The summed E-state index contributed by atoms with van der Waals surface area (Å²) in [5.74, 6) is 0.401. The van der Waals surface area contributed by atoms with Crippen LogP contribution >= 0.6 is 11.6 Å². The topological polar surface area (TPSA) is 50.4 Å². The standard InChI is InChI=1S/C19H23ClN2O2/c1-19(2,3)13-5-8-15(9-6-13)21-12-18(23)22-16-11-14(20)7-10-17(16)24-4/h5-11,21H,12H2,1-4H3,(H,22,23). The van der Waals surface area contributed by atoms with E-state index >= 15 is 0 Å². The third-order valence-corrected chi connectivity index (χ3v) is 3.87. The second-order valence-electron chi connectivity index (χ2n) is 6.57. The van der Waals surface area contributed by atoms with E-state index in [-0.39, 0.29) is 17.9 Å². The molecule has 0 saturated heterocycles. The van der Waals surface area contributed by atoms with Gasteiger partial charge in [-0.25, -0.2) is 0 Å². The Morgan fingerprint density at radius 3 is 2.38 bits per heavy atom. The number of benzene rings is 2. The quantitative estimate of drug-likeness (QED) is 0.825. The molecule has 0 bridgehead atoms. The molecule has 0 heterocycles. The van der Waals surface area contributed by atoms with Crippen LogP contribution in [0, 0.1) is 0 Å². The van der Waals surface area contributed by atoms with Crippen molar-refractivity contribution < 1.29 is 9.53 Å². The molecule has 128 valence electrons. The van der Waals surface area contributed by atoms with Crippen molar-refractivity contribution in [1.29, 1.82) is 0 Å². The van der Waals surface area contributed by atoms with Crippen LogP contribution in [-0.2, 0) is 10.2 Å². The number of halogens is 1. The summed E-state index contributed by atoms with van der Waals surface area (Å²) in [4.78, 5) is 12.1. The number of nitrogens with one attached hydrogen (secondary N) is 2. The minimum Gasteiger partial charge on any atom is -0.495 e. The third-order valence-electron chi connectivity index (χ3n) is 3.64. The lowest BCUT2D eigenvalue weighted by molar-refractivity contribution is -0.114. The van der Waals surface area contributed by atoms with Gasteiger partial charge in [0.25, 0.3) is 0 Å². The molecule has 2 aromatic carbocycles. The molecule has 0 atom stereocenters. The summed E-state index contributed by atoms with van der Waals surface area (Å²) in [6, 6.07) is 13.2. The summed E-state index contributed by atoms with van der Waals surface area (Å²) in [7, 11) is 1.55. The molecule has 5 heteroatoms. The molecule has 2 N–H and O–H groups in total. The third kappa shape index (κ3) is 4.90. The zero-order chi connectivity index (χ0) is 17.7. The highest BCUT2D eigenvalue weighted by Gasteiger charge is 2.13. The summed E-state index contributed by atoms with van der Waals surface area (Å²) in [6.07, 6.45) is 0. The molecule has 24 heavy (non-hydrogen) atoms. The van der Waals surface area contributed by atoms with Gasteiger partial charge in [-0.2, -0.15) is 0 Å². The van der Waals surface area contributed by atoms with Crippen molar-refractivity contribution in [2.45, 2.75) is 26.2 Å². The molecule has 0 saturated carbocycles. The molecule has 0 aliphatic heterocycles. The summed E-state index contributed by atoms with van der Waals surface area (Å²) in [6.45, 7) is 6.66. The number of ether oxygens (including phenoxy) is 1. The van der Waals surface area contributed by atoms with Crippen molar-refractivity contribution in [3.63, 3.8) is 0 Å². The van der Waals surface area contributed by atoms with E-state index in [4.69, 9.17) is 16.3 Å². The van der Waals surface area contributed by atoms with Gasteiger partial charge in [-0.3, -0.25) is 4.79 Å². The van der Waals surface area contributed by atoms with Crippen LogP contribution in [0.4, 0.5) is 11.4 Å². The highest BCUT2D eigenvalue weighted by atomic mass is 35.5. The Bertz CT molecular complexity index is 706. The minimum atomic E-state index is -0.171. The number of rotatable bonds is 5. The Kier molecular flexibility index (Phi) is 5.73. The van der Waals surface area contributed by atoms with Gasteiger partial charge in [-0.05, 0) is 41.3 Å². The predicted molar refractivity (Wildman–Crippen MR) is 100 cm³/mol. The first-order chi connectivity index (χ1) is 11.3. The van der Waals surface area contributed by atoms with Crippen molar-refractivity contribution in [1.82, 2.24) is 0 Å². The second kappa shape index (κ2) is 7.58. The van der Waals surface area contributed by atoms with Crippen LogP contribution in [0.5, 0.6) is 5.75 Å². The number of anilines is 2. The second-order valence-corrected chi connectivity index (χ2v) is 7.01. The Morgan fingerprint density at radius 2 is 1.79 bits per heavy atom. The van der Waals surface area contributed by atoms with Gasteiger partial charge in [0.15, 0.2) is 0 Å². The van der Waals surface area contributed by atoms with Gasteiger partial charge < -0.3 is 15.4 Å². The Labute approximate surface area is 148 Å². The smallest absolute Gasteiger partial charge is 0.243 e. The van der Waals surface area contributed by atoms with Gasteiger partial charge in [-0.15, -0.1) is 0 Å².